The summed E-state index contributed by atoms with van der Waals surface area (Å²) in [7, 11) is 0. The Labute approximate surface area is 267 Å². The number of aromatic hydroxyl groups is 1. The van der Waals surface area contributed by atoms with E-state index in [1.165, 1.54) is 24.3 Å². The van der Waals surface area contributed by atoms with Gasteiger partial charge in [-0.15, -0.1) is 0 Å². The molecule has 5 nitrogen and oxygen atoms in total. The predicted molar refractivity (Wildman–Crippen MR) is 156 cm³/mol. The van der Waals surface area contributed by atoms with Crippen LogP contribution in [0.2, 0.25) is 0 Å². The third kappa shape index (κ3) is 4.82. The second-order valence-corrected chi connectivity index (χ2v) is 11.8. The van der Waals surface area contributed by atoms with Crippen LogP contribution in [0.15, 0.2) is 47.1 Å². The molecule has 5 heterocycles. The molecule has 0 fully saturated rings. The van der Waals surface area contributed by atoms with Crippen LogP contribution in [0.4, 0.5) is 43.9 Å². The topological polar surface area (TPSA) is 80.0 Å². The zero-order valence-electron chi connectivity index (χ0n) is 24.8. The standard InChI is InChI=1S/C34H18F10N4O/c1-34(2)10-13-7-11-3-5-14(45-11)19(21-23(35)27(39)31(43)28(40)24(21)36)16-9-17(49)33(48-16)20(15-6-4-12(46-15)8-18(34)47-13)22-25(37)29(41)32(44)30(42)26(22)38/h3-10,45-46,48-49H,1-2H3. The quantitative estimate of drug-likeness (QED) is 0.115. The van der Waals surface area contributed by atoms with Gasteiger partial charge in [-0.3, -0.25) is 4.99 Å². The molecule has 2 aliphatic heterocycles. The van der Waals surface area contributed by atoms with E-state index in [2.05, 4.69) is 19.9 Å². The van der Waals surface area contributed by atoms with E-state index >= 15 is 17.6 Å². The number of nitrogens with one attached hydrogen (secondary N) is 3. The van der Waals surface area contributed by atoms with Crippen LogP contribution in [-0.4, -0.2) is 25.8 Å². The fourth-order valence-electron chi connectivity index (χ4n) is 5.87. The van der Waals surface area contributed by atoms with Gasteiger partial charge in [-0.2, -0.15) is 0 Å². The van der Waals surface area contributed by atoms with Crippen molar-refractivity contribution in [1.82, 2.24) is 15.0 Å². The van der Waals surface area contributed by atoms with Gasteiger partial charge < -0.3 is 20.1 Å². The minimum Gasteiger partial charge on any atom is -0.506 e. The number of halogens is 10. The van der Waals surface area contributed by atoms with Crippen molar-refractivity contribution in [3.63, 3.8) is 0 Å². The molecule has 15 heteroatoms. The molecule has 3 aromatic heterocycles. The molecule has 2 aromatic carbocycles. The highest BCUT2D eigenvalue weighted by Gasteiger charge is 2.34. The van der Waals surface area contributed by atoms with Gasteiger partial charge in [0, 0.05) is 44.0 Å². The fraction of sp³-hybridized carbons (Fsp3) is 0.0882. The van der Waals surface area contributed by atoms with Gasteiger partial charge in [-0.05, 0) is 42.5 Å². The Morgan fingerprint density at radius 1 is 0.571 bits per heavy atom. The summed E-state index contributed by atoms with van der Waals surface area (Å²) in [6.07, 6.45) is 4.87. The molecule has 0 saturated heterocycles. The monoisotopic (exact) mass is 688 g/mol. The minimum atomic E-state index is -2.46. The maximum absolute atomic E-state index is 15.4. The summed E-state index contributed by atoms with van der Waals surface area (Å²) in [5.41, 5.74) is -5.76. The van der Waals surface area contributed by atoms with Gasteiger partial charge in [-0.25, -0.2) is 43.9 Å². The smallest absolute Gasteiger partial charge is 0.200 e. The largest absolute Gasteiger partial charge is 0.506 e. The number of hydrogen-bond donors (Lipinski definition) is 4. The summed E-state index contributed by atoms with van der Waals surface area (Å²) >= 11 is 0. The highest BCUT2D eigenvalue weighted by molar-refractivity contribution is 6.16. The number of fused-ring (bicyclic) bond motifs is 7. The van der Waals surface area contributed by atoms with Crippen LogP contribution >= 0.6 is 0 Å². The molecule has 4 N–H and O–H groups in total. The van der Waals surface area contributed by atoms with E-state index in [9.17, 15) is 31.4 Å². The maximum atomic E-state index is 15.4. The molecule has 0 radical (unpaired) electrons. The summed E-state index contributed by atoms with van der Waals surface area (Å²) in [6, 6.07) is 5.94. The Morgan fingerprint density at radius 2 is 1.02 bits per heavy atom. The molecule has 8 bridgehead atoms. The van der Waals surface area contributed by atoms with E-state index in [-0.39, 0.29) is 21.4 Å². The zero-order chi connectivity index (χ0) is 35.3. The van der Waals surface area contributed by atoms with Gasteiger partial charge in [0.25, 0.3) is 0 Å². The SMILES string of the molecule is CC1(C)C=C2C=c3ccc([nH]3)=C(c3c(F)c(F)c(F)c(F)c3F)c3cc(O)c([nH]3)C(c3c(F)c(F)c(F)c(F)c3F)=c3ccc([nH]3)=CC1=N2. The second-order valence-electron chi connectivity index (χ2n) is 11.8. The summed E-state index contributed by atoms with van der Waals surface area (Å²) < 4.78 is 148. The molecule has 0 saturated carbocycles. The van der Waals surface area contributed by atoms with Crippen LogP contribution in [0.1, 0.15) is 36.4 Å². The number of nitrogens with zero attached hydrogens (tertiary/aromatic N) is 1. The van der Waals surface area contributed by atoms with Crippen molar-refractivity contribution in [2.45, 2.75) is 13.8 Å². The van der Waals surface area contributed by atoms with Crippen molar-refractivity contribution in [1.29, 1.82) is 0 Å². The molecule has 2 aliphatic rings. The van der Waals surface area contributed by atoms with Gasteiger partial charge in [0.1, 0.15) is 5.75 Å². The van der Waals surface area contributed by atoms with Crippen molar-refractivity contribution in [3.05, 3.63) is 144 Å². The summed E-state index contributed by atoms with van der Waals surface area (Å²) in [5.74, 6) is -24.2. The van der Waals surface area contributed by atoms with E-state index < -0.39 is 103 Å². The molecular formula is C34H18F10N4O. The predicted octanol–water partition coefficient (Wildman–Crippen LogP) is 5.20. The molecule has 250 valence electrons. The van der Waals surface area contributed by atoms with Gasteiger partial charge >= 0.3 is 0 Å². The molecule has 7 rings (SSSR count). The molecule has 0 aliphatic carbocycles. The average Bonchev–Trinajstić information content (AvgIpc) is 3.85. The Morgan fingerprint density at radius 3 is 1.55 bits per heavy atom. The van der Waals surface area contributed by atoms with E-state index in [1.54, 1.807) is 32.1 Å². The lowest BCUT2D eigenvalue weighted by atomic mass is 9.88. The van der Waals surface area contributed by atoms with Crippen LogP contribution in [0, 0.1) is 63.6 Å². The van der Waals surface area contributed by atoms with E-state index in [1.807, 2.05) is 0 Å². The molecule has 5 aromatic rings. The minimum absolute atomic E-state index is 0.243. The zero-order valence-corrected chi connectivity index (χ0v) is 24.8. The normalized spacial score (nSPS) is 15.3. The fourth-order valence-corrected chi connectivity index (χ4v) is 5.87. The van der Waals surface area contributed by atoms with Crippen LogP contribution in [0.25, 0.3) is 23.3 Å². The van der Waals surface area contributed by atoms with E-state index in [0.717, 1.165) is 6.07 Å². The number of benzene rings is 2. The van der Waals surface area contributed by atoms with Crippen LogP contribution in [0.5, 0.6) is 5.75 Å². The molecular weight excluding hydrogens is 670 g/mol. The average molecular weight is 689 g/mol. The first-order valence-electron chi connectivity index (χ1n) is 14.2. The van der Waals surface area contributed by atoms with Crippen LogP contribution in [-0.2, 0) is 0 Å². The van der Waals surface area contributed by atoms with Crippen molar-refractivity contribution in [3.8, 4) is 5.75 Å². The number of H-pyrrole nitrogens is 3. The van der Waals surface area contributed by atoms with Gasteiger partial charge in [0.05, 0.1) is 33.9 Å². The van der Waals surface area contributed by atoms with Crippen molar-refractivity contribution < 1.29 is 49.0 Å². The Hall–Kier alpha value is -5.73. The molecule has 49 heavy (non-hydrogen) atoms. The third-order valence-electron chi connectivity index (χ3n) is 8.21. The van der Waals surface area contributed by atoms with E-state index in [4.69, 9.17) is 0 Å². The van der Waals surface area contributed by atoms with E-state index in [0.29, 0.717) is 11.4 Å². The van der Waals surface area contributed by atoms with Crippen molar-refractivity contribution >= 4 is 29.0 Å². The lowest BCUT2D eigenvalue weighted by molar-refractivity contribution is 0.376. The number of aromatic nitrogens is 3. The summed E-state index contributed by atoms with van der Waals surface area (Å²) in [5, 5.41) is 11.0. The number of hydrogen-bond acceptors (Lipinski definition) is 2. The Bertz CT molecular complexity index is 2550. The van der Waals surface area contributed by atoms with Crippen molar-refractivity contribution in [2.75, 3.05) is 0 Å². The van der Waals surface area contributed by atoms with Gasteiger partial charge in [0.2, 0.25) is 11.6 Å². The first-order valence-corrected chi connectivity index (χ1v) is 14.2. The van der Waals surface area contributed by atoms with Crippen LogP contribution < -0.4 is 21.4 Å². The lowest BCUT2D eigenvalue weighted by Gasteiger charge is -2.14. The lowest BCUT2D eigenvalue weighted by Crippen LogP contribution is -2.22. The highest BCUT2D eigenvalue weighted by Crippen LogP contribution is 2.38. The van der Waals surface area contributed by atoms with Gasteiger partial charge in [0.15, 0.2) is 46.5 Å². The number of aromatic amines is 3. The highest BCUT2D eigenvalue weighted by atomic mass is 19.2. The van der Waals surface area contributed by atoms with Crippen LogP contribution in [0.3, 0.4) is 0 Å². The van der Waals surface area contributed by atoms with Crippen molar-refractivity contribution in [2.24, 2.45) is 10.4 Å². The number of aliphatic imine (C=N–C) groups is 1. The molecule has 0 spiro atoms. The second kappa shape index (κ2) is 10.9. The molecule has 0 atom stereocenters. The Kier molecular flexibility index (Phi) is 7.08. The van der Waals surface area contributed by atoms with Gasteiger partial charge in [-0.1, -0.05) is 13.8 Å². The number of allylic oxidation sites excluding steroid dienone is 2. The first-order chi connectivity index (χ1) is 23.1. The summed E-state index contributed by atoms with van der Waals surface area (Å²) in [4.78, 5) is 12.6. The Balaban J connectivity index is 1.68. The first kappa shape index (κ1) is 31.8. The summed E-state index contributed by atoms with van der Waals surface area (Å²) in [6.45, 7) is 3.61. The third-order valence-corrected chi connectivity index (χ3v) is 8.21. The molecule has 0 unspecified atom stereocenters. The maximum Gasteiger partial charge on any atom is 0.200 e. The molecule has 0 amide bonds. The number of rotatable bonds is 2.